The van der Waals surface area contributed by atoms with Crippen molar-refractivity contribution in [1.29, 1.82) is 0 Å². The highest BCUT2D eigenvalue weighted by atomic mass is 32.2. The number of hydrogen-bond acceptors (Lipinski definition) is 8. The van der Waals surface area contributed by atoms with Crippen LogP contribution in [-0.2, 0) is 11.3 Å². The van der Waals surface area contributed by atoms with Crippen LogP contribution in [-0.4, -0.2) is 43.7 Å². The Morgan fingerprint density at radius 1 is 1.30 bits per heavy atom. The minimum absolute atomic E-state index is 0.171. The standard InChI is InChI=1S/C17H18N6O2S2/c1-4-9-23-15(12-5-7-13(25-3)8-6-12)20-22-17(23)26-10-14(24)18-16-21-19-11(2)27-16/h4-8H,1,9-10H2,2-3H3,(H,18,21,24). The number of ether oxygens (including phenoxy) is 1. The molecule has 0 radical (unpaired) electrons. The molecule has 1 N–H and O–H groups in total. The van der Waals surface area contributed by atoms with Crippen molar-refractivity contribution in [3.05, 3.63) is 41.9 Å². The number of nitrogens with one attached hydrogen (secondary N) is 1. The summed E-state index contributed by atoms with van der Waals surface area (Å²) >= 11 is 2.64. The van der Waals surface area contributed by atoms with Gasteiger partial charge in [-0.3, -0.25) is 14.7 Å². The molecule has 0 fully saturated rings. The summed E-state index contributed by atoms with van der Waals surface area (Å²) in [6.07, 6.45) is 1.77. The van der Waals surface area contributed by atoms with E-state index < -0.39 is 0 Å². The number of carbonyl (C=O) groups is 1. The summed E-state index contributed by atoms with van der Waals surface area (Å²) in [6.45, 7) is 6.16. The fourth-order valence-electron chi connectivity index (χ4n) is 2.28. The van der Waals surface area contributed by atoms with E-state index in [9.17, 15) is 4.79 Å². The molecule has 0 unspecified atom stereocenters. The van der Waals surface area contributed by atoms with Crippen molar-refractivity contribution in [2.24, 2.45) is 0 Å². The van der Waals surface area contributed by atoms with E-state index in [4.69, 9.17) is 4.74 Å². The van der Waals surface area contributed by atoms with E-state index >= 15 is 0 Å². The van der Waals surface area contributed by atoms with Crippen molar-refractivity contribution in [2.75, 3.05) is 18.2 Å². The van der Waals surface area contributed by atoms with Crippen LogP contribution in [0.25, 0.3) is 11.4 Å². The van der Waals surface area contributed by atoms with Gasteiger partial charge in [-0.25, -0.2) is 0 Å². The molecule has 0 spiro atoms. The lowest BCUT2D eigenvalue weighted by atomic mass is 10.2. The van der Waals surface area contributed by atoms with E-state index in [0.717, 1.165) is 16.3 Å². The van der Waals surface area contributed by atoms with Gasteiger partial charge in [-0.2, -0.15) is 0 Å². The molecule has 0 bridgehead atoms. The van der Waals surface area contributed by atoms with E-state index in [1.807, 2.05) is 35.8 Å². The van der Waals surface area contributed by atoms with Gasteiger partial charge in [-0.15, -0.1) is 27.0 Å². The number of rotatable bonds is 8. The number of nitrogens with zero attached hydrogens (tertiary/aromatic N) is 5. The van der Waals surface area contributed by atoms with Crippen LogP contribution in [0.4, 0.5) is 5.13 Å². The molecule has 0 saturated carbocycles. The predicted molar refractivity (Wildman–Crippen MR) is 106 cm³/mol. The minimum Gasteiger partial charge on any atom is -0.497 e. The van der Waals surface area contributed by atoms with Crippen LogP contribution in [0.5, 0.6) is 5.75 Å². The number of hydrogen-bond donors (Lipinski definition) is 1. The third-order valence-electron chi connectivity index (χ3n) is 3.48. The van der Waals surface area contributed by atoms with Gasteiger partial charge in [-0.1, -0.05) is 29.2 Å². The average Bonchev–Trinajstić information content (AvgIpc) is 3.26. The van der Waals surface area contributed by atoms with E-state index in [0.29, 0.717) is 22.7 Å². The summed E-state index contributed by atoms with van der Waals surface area (Å²) in [5.41, 5.74) is 0.908. The number of carbonyl (C=O) groups excluding carboxylic acids is 1. The zero-order valence-corrected chi connectivity index (χ0v) is 16.5. The molecular formula is C17H18N6O2S2. The van der Waals surface area contributed by atoms with Gasteiger partial charge in [0.05, 0.1) is 12.9 Å². The molecule has 0 saturated heterocycles. The molecule has 1 amide bonds. The summed E-state index contributed by atoms with van der Waals surface area (Å²) < 4.78 is 7.11. The second-order valence-electron chi connectivity index (χ2n) is 5.40. The SMILES string of the molecule is C=CCn1c(SCC(=O)Nc2nnc(C)s2)nnc1-c1ccc(OC)cc1. The minimum atomic E-state index is -0.171. The summed E-state index contributed by atoms with van der Waals surface area (Å²) in [5.74, 6) is 1.50. The lowest BCUT2D eigenvalue weighted by molar-refractivity contribution is -0.113. The molecule has 2 aromatic heterocycles. The quantitative estimate of drug-likeness (QED) is 0.457. The van der Waals surface area contributed by atoms with Crippen LogP contribution in [0.15, 0.2) is 42.1 Å². The number of methoxy groups -OCH3 is 1. The fourth-order valence-corrected chi connectivity index (χ4v) is 3.63. The summed E-state index contributed by atoms with van der Waals surface area (Å²) in [5, 5.41) is 20.9. The van der Waals surface area contributed by atoms with Crippen molar-refractivity contribution < 1.29 is 9.53 Å². The van der Waals surface area contributed by atoms with E-state index in [1.54, 1.807) is 13.2 Å². The first-order chi connectivity index (χ1) is 13.1. The highest BCUT2D eigenvalue weighted by molar-refractivity contribution is 7.99. The van der Waals surface area contributed by atoms with Crippen molar-refractivity contribution >= 4 is 34.1 Å². The van der Waals surface area contributed by atoms with Crippen LogP contribution >= 0.6 is 23.1 Å². The first-order valence-electron chi connectivity index (χ1n) is 8.02. The van der Waals surface area contributed by atoms with Gasteiger partial charge >= 0.3 is 0 Å². The number of thioether (sulfide) groups is 1. The molecule has 3 rings (SSSR count). The Morgan fingerprint density at radius 2 is 2.07 bits per heavy atom. The third kappa shape index (κ3) is 4.72. The zero-order chi connectivity index (χ0) is 19.2. The summed E-state index contributed by atoms with van der Waals surface area (Å²) in [6, 6.07) is 7.57. The maximum atomic E-state index is 12.1. The largest absolute Gasteiger partial charge is 0.497 e. The highest BCUT2D eigenvalue weighted by Crippen LogP contribution is 2.26. The van der Waals surface area contributed by atoms with Gasteiger partial charge in [0, 0.05) is 12.1 Å². The first kappa shape index (κ1) is 19.1. The predicted octanol–water partition coefficient (Wildman–Crippen LogP) is 3.03. The lowest BCUT2D eigenvalue weighted by Gasteiger charge is -2.08. The fraction of sp³-hybridized carbons (Fsp3) is 0.235. The number of benzene rings is 1. The van der Waals surface area contributed by atoms with Crippen molar-refractivity contribution in [2.45, 2.75) is 18.6 Å². The Morgan fingerprint density at radius 3 is 2.70 bits per heavy atom. The van der Waals surface area contributed by atoms with Crippen molar-refractivity contribution in [3.8, 4) is 17.1 Å². The molecule has 10 heteroatoms. The van der Waals surface area contributed by atoms with E-state index in [2.05, 4.69) is 32.3 Å². The molecule has 0 aliphatic rings. The maximum absolute atomic E-state index is 12.1. The van der Waals surface area contributed by atoms with Gasteiger partial charge in [0.25, 0.3) is 0 Å². The number of aromatic nitrogens is 5. The molecule has 3 aromatic rings. The van der Waals surface area contributed by atoms with Crippen LogP contribution in [0.1, 0.15) is 5.01 Å². The van der Waals surface area contributed by atoms with Crippen LogP contribution in [0, 0.1) is 6.92 Å². The molecule has 2 heterocycles. The number of anilines is 1. The second-order valence-corrected chi connectivity index (χ2v) is 7.52. The van der Waals surface area contributed by atoms with Crippen molar-refractivity contribution in [1.82, 2.24) is 25.0 Å². The van der Waals surface area contributed by atoms with Gasteiger partial charge in [0.1, 0.15) is 10.8 Å². The molecule has 8 nitrogen and oxygen atoms in total. The third-order valence-corrected chi connectivity index (χ3v) is 5.20. The topological polar surface area (TPSA) is 94.8 Å². The van der Waals surface area contributed by atoms with Gasteiger partial charge in [0.2, 0.25) is 11.0 Å². The normalized spacial score (nSPS) is 10.6. The Balaban J connectivity index is 1.72. The molecule has 0 atom stereocenters. The molecule has 27 heavy (non-hydrogen) atoms. The Labute approximate surface area is 164 Å². The summed E-state index contributed by atoms with van der Waals surface area (Å²) in [4.78, 5) is 12.1. The number of amides is 1. The number of aryl methyl sites for hydroxylation is 1. The molecule has 1 aromatic carbocycles. The highest BCUT2D eigenvalue weighted by Gasteiger charge is 2.15. The molecule has 0 aliphatic heterocycles. The van der Waals surface area contributed by atoms with Crippen molar-refractivity contribution in [3.63, 3.8) is 0 Å². The maximum Gasteiger partial charge on any atom is 0.236 e. The van der Waals surface area contributed by atoms with Crippen LogP contribution in [0.2, 0.25) is 0 Å². The molecule has 140 valence electrons. The molecular weight excluding hydrogens is 384 g/mol. The zero-order valence-electron chi connectivity index (χ0n) is 14.9. The van der Waals surface area contributed by atoms with Crippen LogP contribution < -0.4 is 10.1 Å². The average molecular weight is 403 g/mol. The van der Waals surface area contributed by atoms with E-state index in [1.165, 1.54) is 23.1 Å². The van der Waals surface area contributed by atoms with E-state index in [-0.39, 0.29) is 11.7 Å². The van der Waals surface area contributed by atoms with Gasteiger partial charge in [0.15, 0.2) is 11.0 Å². The van der Waals surface area contributed by atoms with Crippen LogP contribution in [0.3, 0.4) is 0 Å². The first-order valence-corrected chi connectivity index (χ1v) is 9.82. The lowest BCUT2D eigenvalue weighted by Crippen LogP contribution is -2.14. The monoisotopic (exact) mass is 402 g/mol. The molecule has 0 aliphatic carbocycles. The Kier molecular flexibility index (Phi) is 6.20. The number of allylic oxidation sites excluding steroid dienone is 1. The Hall–Kier alpha value is -2.72. The second kappa shape index (κ2) is 8.78. The summed E-state index contributed by atoms with van der Waals surface area (Å²) in [7, 11) is 1.62. The Bertz CT molecular complexity index is 935. The van der Waals surface area contributed by atoms with Gasteiger partial charge < -0.3 is 4.74 Å². The van der Waals surface area contributed by atoms with Gasteiger partial charge in [-0.05, 0) is 31.2 Å². The smallest absolute Gasteiger partial charge is 0.236 e.